The van der Waals surface area contributed by atoms with E-state index in [-0.39, 0.29) is 12.5 Å². The van der Waals surface area contributed by atoms with Gasteiger partial charge in [-0.2, -0.15) is 0 Å². The van der Waals surface area contributed by atoms with E-state index in [4.69, 9.17) is 16.0 Å². The largest absolute Gasteiger partial charge is 0.419 e. The molecule has 8 heteroatoms. The Morgan fingerprint density at radius 1 is 1.30 bits per heavy atom. The van der Waals surface area contributed by atoms with Gasteiger partial charge in [0.1, 0.15) is 0 Å². The Kier molecular flexibility index (Phi) is 6.82. The Morgan fingerprint density at radius 2 is 2.11 bits per heavy atom. The molecule has 0 fully saturated rings. The molecular formula is C19H17BrClN3O2S. The van der Waals surface area contributed by atoms with Crippen LogP contribution in [0.1, 0.15) is 24.1 Å². The second kappa shape index (κ2) is 9.30. The first-order chi connectivity index (χ1) is 13.1. The van der Waals surface area contributed by atoms with Crippen molar-refractivity contribution < 1.29 is 9.21 Å². The molecule has 27 heavy (non-hydrogen) atoms. The molecule has 3 rings (SSSR count). The molecule has 3 aromatic rings. The van der Waals surface area contributed by atoms with E-state index in [0.29, 0.717) is 28.9 Å². The van der Waals surface area contributed by atoms with Crippen molar-refractivity contribution in [3.05, 3.63) is 62.1 Å². The van der Waals surface area contributed by atoms with E-state index in [2.05, 4.69) is 26.1 Å². The lowest BCUT2D eigenvalue weighted by Gasteiger charge is -2.18. The van der Waals surface area contributed by atoms with Crippen LogP contribution in [0, 0.1) is 0 Å². The van der Waals surface area contributed by atoms with Gasteiger partial charge in [0.05, 0.1) is 20.9 Å². The van der Waals surface area contributed by atoms with E-state index in [9.17, 15) is 4.79 Å². The molecule has 140 valence electrons. The number of aromatic nitrogens is 2. The molecule has 0 aliphatic heterocycles. The molecule has 0 spiro atoms. The lowest BCUT2D eigenvalue weighted by Crippen LogP contribution is -2.29. The van der Waals surface area contributed by atoms with Crippen molar-refractivity contribution in [1.29, 1.82) is 0 Å². The smallest absolute Gasteiger partial charge is 0.249 e. The van der Waals surface area contributed by atoms with Gasteiger partial charge in [-0.05, 0) is 52.7 Å². The molecule has 0 aliphatic carbocycles. The highest BCUT2D eigenvalue weighted by Crippen LogP contribution is 2.26. The fourth-order valence-electron chi connectivity index (χ4n) is 2.44. The van der Waals surface area contributed by atoms with Gasteiger partial charge in [0.25, 0.3) is 0 Å². The van der Waals surface area contributed by atoms with Gasteiger partial charge in [-0.3, -0.25) is 4.79 Å². The third-order valence-electron chi connectivity index (χ3n) is 3.69. The number of hydrogen-bond acceptors (Lipinski definition) is 5. The van der Waals surface area contributed by atoms with Crippen LogP contribution in [0.5, 0.6) is 0 Å². The highest BCUT2D eigenvalue weighted by Gasteiger charge is 2.16. The first kappa shape index (κ1) is 19.8. The summed E-state index contributed by atoms with van der Waals surface area (Å²) < 4.78 is 6.74. The Balaban J connectivity index is 1.72. The first-order valence-corrected chi connectivity index (χ1v) is 10.3. The topological polar surface area (TPSA) is 59.2 Å². The zero-order valence-corrected chi connectivity index (χ0v) is 17.7. The predicted molar refractivity (Wildman–Crippen MR) is 112 cm³/mol. The molecular weight excluding hydrogens is 450 g/mol. The van der Waals surface area contributed by atoms with Crippen LogP contribution in [0.15, 0.2) is 50.7 Å². The van der Waals surface area contributed by atoms with Crippen molar-refractivity contribution in [2.24, 2.45) is 0 Å². The van der Waals surface area contributed by atoms with Crippen LogP contribution < -0.4 is 0 Å². The average Bonchev–Trinajstić information content (AvgIpc) is 3.29. The number of thiophene rings is 1. The molecule has 0 aliphatic rings. The fraction of sp³-hybridized carbons (Fsp3) is 0.211. The van der Waals surface area contributed by atoms with Crippen LogP contribution in [0.2, 0.25) is 5.02 Å². The highest BCUT2D eigenvalue weighted by molar-refractivity contribution is 9.11. The summed E-state index contributed by atoms with van der Waals surface area (Å²) in [6, 6.07) is 11.2. The van der Waals surface area contributed by atoms with Gasteiger partial charge in [-0.25, -0.2) is 0 Å². The van der Waals surface area contributed by atoms with Gasteiger partial charge in [0.15, 0.2) is 0 Å². The molecule has 0 saturated carbocycles. The van der Waals surface area contributed by atoms with Crippen LogP contribution in [-0.2, 0) is 11.3 Å². The van der Waals surface area contributed by atoms with Gasteiger partial charge in [0.2, 0.25) is 17.7 Å². The van der Waals surface area contributed by atoms with E-state index in [1.54, 1.807) is 28.4 Å². The number of rotatable bonds is 7. The van der Waals surface area contributed by atoms with Crippen LogP contribution in [0.25, 0.3) is 17.5 Å². The minimum atomic E-state index is -0.0983. The zero-order chi connectivity index (χ0) is 19.2. The van der Waals surface area contributed by atoms with Gasteiger partial charge in [-0.15, -0.1) is 21.5 Å². The number of carbonyl (C=O) groups is 1. The Hall–Kier alpha value is -1.96. The van der Waals surface area contributed by atoms with Crippen LogP contribution >= 0.6 is 38.9 Å². The Labute approximate surface area is 174 Å². The lowest BCUT2D eigenvalue weighted by atomic mass is 10.2. The zero-order valence-electron chi connectivity index (χ0n) is 14.6. The lowest BCUT2D eigenvalue weighted by molar-refractivity contribution is -0.126. The second-order valence-electron chi connectivity index (χ2n) is 5.72. The van der Waals surface area contributed by atoms with Crippen molar-refractivity contribution in [1.82, 2.24) is 15.1 Å². The van der Waals surface area contributed by atoms with Gasteiger partial charge >= 0.3 is 0 Å². The van der Waals surface area contributed by atoms with Crippen molar-refractivity contribution in [3.63, 3.8) is 0 Å². The average molecular weight is 467 g/mol. The summed E-state index contributed by atoms with van der Waals surface area (Å²) in [5.41, 5.74) is 0.675. The number of halogens is 2. The molecule has 1 aromatic carbocycles. The molecule has 0 N–H and O–H groups in total. The minimum absolute atomic E-state index is 0.0983. The molecule has 0 radical (unpaired) electrons. The molecule has 0 atom stereocenters. The highest BCUT2D eigenvalue weighted by atomic mass is 79.9. The fourth-order valence-corrected chi connectivity index (χ4v) is 3.98. The molecule has 5 nitrogen and oxygen atoms in total. The molecule has 1 amide bonds. The third-order valence-corrected chi connectivity index (χ3v) is 5.61. The third kappa shape index (κ3) is 5.28. The maximum atomic E-state index is 12.6. The summed E-state index contributed by atoms with van der Waals surface area (Å²) in [5, 5.41) is 8.66. The molecule has 2 aromatic heterocycles. The van der Waals surface area contributed by atoms with Crippen LogP contribution in [0.3, 0.4) is 0 Å². The van der Waals surface area contributed by atoms with Gasteiger partial charge in [0, 0.05) is 17.5 Å². The molecule has 2 heterocycles. The Morgan fingerprint density at radius 3 is 2.81 bits per heavy atom. The normalized spacial score (nSPS) is 11.2. The number of benzene rings is 1. The van der Waals surface area contributed by atoms with Crippen molar-refractivity contribution in [2.75, 3.05) is 6.54 Å². The van der Waals surface area contributed by atoms with Gasteiger partial charge in [-0.1, -0.05) is 30.7 Å². The van der Waals surface area contributed by atoms with Gasteiger partial charge < -0.3 is 9.32 Å². The number of carbonyl (C=O) groups excluding carboxylic acids is 1. The van der Waals surface area contributed by atoms with E-state index >= 15 is 0 Å². The van der Waals surface area contributed by atoms with Crippen molar-refractivity contribution in [3.8, 4) is 11.5 Å². The summed E-state index contributed by atoms with van der Waals surface area (Å²) in [6.45, 7) is 2.87. The van der Waals surface area contributed by atoms with E-state index < -0.39 is 0 Å². The van der Waals surface area contributed by atoms with Crippen LogP contribution in [-0.4, -0.2) is 27.5 Å². The summed E-state index contributed by atoms with van der Waals surface area (Å²) in [6.07, 6.45) is 4.21. The SMILES string of the molecule is CCCN(Cc1nnc(-c2ccccc2Cl)o1)C(=O)/C=C/c1ccc(Br)s1. The maximum Gasteiger partial charge on any atom is 0.249 e. The van der Waals surface area contributed by atoms with Crippen molar-refractivity contribution >= 4 is 50.9 Å². The summed E-state index contributed by atoms with van der Waals surface area (Å²) >= 11 is 11.2. The maximum absolute atomic E-state index is 12.6. The van der Waals surface area contributed by atoms with E-state index in [0.717, 1.165) is 15.1 Å². The van der Waals surface area contributed by atoms with Crippen LogP contribution in [0.4, 0.5) is 0 Å². The Bertz CT molecular complexity index is 954. The first-order valence-electron chi connectivity index (χ1n) is 8.36. The number of amides is 1. The molecule has 0 unspecified atom stereocenters. The minimum Gasteiger partial charge on any atom is -0.419 e. The quantitative estimate of drug-likeness (QED) is 0.421. The van der Waals surface area contributed by atoms with Crippen molar-refractivity contribution in [2.45, 2.75) is 19.9 Å². The number of nitrogens with zero attached hydrogens (tertiary/aromatic N) is 3. The molecule has 0 bridgehead atoms. The summed E-state index contributed by atoms with van der Waals surface area (Å²) in [5.74, 6) is 0.622. The van der Waals surface area contributed by atoms with E-state index in [1.165, 1.54) is 0 Å². The monoisotopic (exact) mass is 465 g/mol. The summed E-state index contributed by atoms with van der Waals surface area (Å²) in [4.78, 5) is 15.3. The van der Waals surface area contributed by atoms with E-state index in [1.807, 2.05) is 43.3 Å². The second-order valence-corrected chi connectivity index (χ2v) is 8.62. The standard InChI is InChI=1S/C19H17BrClN3O2S/c1-2-11-24(18(25)10-8-13-7-9-16(20)27-13)12-17-22-23-19(26-17)14-5-3-4-6-15(14)21/h3-10H,2,11-12H2,1H3/b10-8+. The number of hydrogen-bond donors (Lipinski definition) is 0. The summed E-state index contributed by atoms with van der Waals surface area (Å²) in [7, 11) is 0. The molecule has 0 saturated heterocycles. The predicted octanol–water partition coefficient (Wildman–Crippen LogP) is 5.67.